The lowest BCUT2D eigenvalue weighted by Crippen LogP contribution is -2.40. The van der Waals surface area contributed by atoms with E-state index in [-0.39, 0.29) is 24.2 Å². The van der Waals surface area contributed by atoms with Crippen molar-refractivity contribution in [2.45, 2.75) is 78.4 Å². The summed E-state index contributed by atoms with van der Waals surface area (Å²) in [6.45, 7) is 8.76. The molecule has 8 heteroatoms. The zero-order valence-corrected chi connectivity index (χ0v) is 22.8. The van der Waals surface area contributed by atoms with E-state index >= 15 is 0 Å². The molecule has 38 heavy (non-hydrogen) atoms. The van der Waals surface area contributed by atoms with E-state index in [4.69, 9.17) is 14.7 Å². The van der Waals surface area contributed by atoms with Crippen LogP contribution >= 0.6 is 0 Å². The highest BCUT2D eigenvalue weighted by Gasteiger charge is 2.26. The van der Waals surface area contributed by atoms with E-state index in [2.05, 4.69) is 24.1 Å². The number of carbonyl (C=O) groups is 2. The van der Waals surface area contributed by atoms with Crippen molar-refractivity contribution in [1.82, 2.24) is 0 Å². The lowest BCUT2D eigenvalue weighted by Gasteiger charge is -2.38. The molecule has 0 heterocycles. The minimum absolute atomic E-state index is 0.186. The van der Waals surface area contributed by atoms with E-state index in [9.17, 15) is 14.0 Å². The first-order valence-corrected chi connectivity index (χ1v) is 13.4. The first kappa shape index (κ1) is 29.0. The molecule has 3 rings (SSSR count). The number of rotatable bonds is 11. The Morgan fingerprint density at radius 1 is 1.13 bits per heavy atom. The van der Waals surface area contributed by atoms with Gasteiger partial charge in [-0.3, -0.25) is 4.79 Å². The monoisotopic (exact) mass is 523 g/mol. The first-order chi connectivity index (χ1) is 18.2. The number of amides is 1. The van der Waals surface area contributed by atoms with Gasteiger partial charge in [-0.2, -0.15) is 5.26 Å². The maximum absolute atomic E-state index is 14.5. The van der Waals surface area contributed by atoms with Crippen LogP contribution in [0.1, 0.15) is 70.9 Å². The van der Waals surface area contributed by atoms with Gasteiger partial charge in [0.15, 0.2) is 6.10 Å². The van der Waals surface area contributed by atoms with Gasteiger partial charge in [0.1, 0.15) is 11.6 Å². The van der Waals surface area contributed by atoms with E-state index in [0.717, 1.165) is 44.0 Å². The van der Waals surface area contributed by atoms with Gasteiger partial charge in [-0.15, -0.1) is 0 Å². The van der Waals surface area contributed by atoms with Gasteiger partial charge in [-0.25, -0.2) is 9.18 Å². The number of nitriles is 1. The number of benzene rings is 2. The number of carbonyl (C=O) groups excluding carboxylic acids is 2. The number of esters is 1. The van der Waals surface area contributed by atoms with E-state index in [1.807, 2.05) is 12.1 Å². The number of hydrogen-bond acceptors (Lipinski definition) is 6. The zero-order chi connectivity index (χ0) is 27.7. The summed E-state index contributed by atoms with van der Waals surface area (Å²) in [6.07, 6.45) is 4.71. The molecule has 0 spiro atoms. The maximum atomic E-state index is 14.5. The van der Waals surface area contributed by atoms with E-state index in [1.54, 1.807) is 26.0 Å². The predicted molar refractivity (Wildman–Crippen MR) is 146 cm³/mol. The molecule has 204 valence electrons. The van der Waals surface area contributed by atoms with Crippen molar-refractivity contribution in [2.24, 2.45) is 5.92 Å². The molecule has 0 aliphatic heterocycles. The van der Waals surface area contributed by atoms with Crippen LogP contribution in [0.4, 0.5) is 15.8 Å². The molecule has 1 unspecified atom stereocenters. The second-order valence-corrected chi connectivity index (χ2v) is 10.2. The number of anilines is 2. The molecule has 7 nitrogen and oxygen atoms in total. The van der Waals surface area contributed by atoms with Gasteiger partial charge in [0.25, 0.3) is 0 Å². The molecular formula is C30H38FN3O4. The molecule has 0 bridgehead atoms. The highest BCUT2D eigenvalue weighted by atomic mass is 19.1. The Kier molecular flexibility index (Phi) is 10.5. The van der Waals surface area contributed by atoms with Crippen LogP contribution in [0.5, 0.6) is 5.75 Å². The fourth-order valence-corrected chi connectivity index (χ4v) is 4.81. The Labute approximate surface area is 224 Å². The van der Waals surface area contributed by atoms with Gasteiger partial charge in [-0.05, 0) is 62.4 Å². The fraction of sp³-hybridized carbons (Fsp3) is 0.500. The third kappa shape index (κ3) is 7.95. The highest BCUT2D eigenvalue weighted by Crippen LogP contribution is 2.36. The summed E-state index contributed by atoms with van der Waals surface area (Å²) in [5.41, 5.74) is 1.82. The van der Waals surface area contributed by atoms with Crippen molar-refractivity contribution in [1.29, 1.82) is 5.26 Å². The number of nitrogens with zero attached hydrogens (tertiary/aromatic N) is 2. The summed E-state index contributed by atoms with van der Waals surface area (Å²) in [4.78, 5) is 27.6. The quantitative estimate of drug-likeness (QED) is 0.363. The van der Waals surface area contributed by atoms with Gasteiger partial charge in [0.05, 0.1) is 36.0 Å². The van der Waals surface area contributed by atoms with Crippen LogP contribution in [0.15, 0.2) is 36.4 Å². The molecule has 2 aromatic rings. The van der Waals surface area contributed by atoms with Crippen LogP contribution in [0.3, 0.4) is 0 Å². The highest BCUT2D eigenvalue weighted by molar-refractivity contribution is 5.96. The molecule has 1 saturated carbocycles. The number of ether oxygens (including phenoxy) is 2. The molecule has 1 aliphatic carbocycles. The predicted octanol–water partition coefficient (Wildman–Crippen LogP) is 6.00. The van der Waals surface area contributed by atoms with Gasteiger partial charge < -0.3 is 19.7 Å². The largest absolute Gasteiger partial charge is 0.479 e. The van der Waals surface area contributed by atoms with Gasteiger partial charge in [-0.1, -0.05) is 39.2 Å². The number of halogens is 1. The fourth-order valence-electron chi connectivity index (χ4n) is 4.81. The molecule has 0 aromatic heterocycles. The lowest BCUT2D eigenvalue weighted by molar-refractivity contribution is -0.150. The van der Waals surface area contributed by atoms with Crippen LogP contribution in [0.25, 0.3) is 0 Å². The average molecular weight is 524 g/mol. The van der Waals surface area contributed by atoms with Crippen molar-refractivity contribution in [3.63, 3.8) is 0 Å². The molecular weight excluding hydrogens is 485 g/mol. The van der Waals surface area contributed by atoms with E-state index < -0.39 is 23.8 Å². The van der Waals surface area contributed by atoms with Crippen LogP contribution < -0.4 is 15.0 Å². The van der Waals surface area contributed by atoms with Crippen LogP contribution in [-0.2, 0) is 20.7 Å². The normalized spacial score (nSPS) is 14.4. The summed E-state index contributed by atoms with van der Waals surface area (Å²) in [7, 11) is 0. The second kappa shape index (κ2) is 13.8. The summed E-state index contributed by atoms with van der Waals surface area (Å²) in [5.74, 6) is -0.639. The molecule has 0 radical (unpaired) electrons. The second-order valence-electron chi connectivity index (χ2n) is 10.2. The molecule has 1 amide bonds. The molecule has 0 saturated heterocycles. The SMILES string of the molecule is CCOC(=O)C(C)Oc1ccc(N(CC(C)C)C2CCCCC2)c(NC(=O)Cc2ccc(C#N)cc2F)c1. The number of nitrogens with one attached hydrogen (secondary N) is 1. The van der Waals surface area contributed by atoms with Crippen LogP contribution in [-0.4, -0.2) is 37.2 Å². The Bertz CT molecular complexity index is 1150. The molecule has 2 aromatic carbocycles. The Balaban J connectivity index is 1.92. The van der Waals surface area contributed by atoms with Crippen molar-refractivity contribution in [3.8, 4) is 11.8 Å². The van der Waals surface area contributed by atoms with Gasteiger partial charge in [0, 0.05) is 18.7 Å². The summed E-state index contributed by atoms with van der Waals surface area (Å²) < 4.78 is 25.4. The van der Waals surface area contributed by atoms with Gasteiger partial charge >= 0.3 is 5.97 Å². The molecule has 1 fully saturated rings. The van der Waals surface area contributed by atoms with E-state index in [1.165, 1.54) is 18.6 Å². The standard InChI is InChI=1S/C30H38FN3O4/c1-5-37-30(36)21(4)38-25-13-14-28(34(19-20(2)3)24-9-7-6-8-10-24)27(17-25)33-29(35)16-23-12-11-22(18-32)15-26(23)31/h11-15,17,20-21,24H,5-10,16,19H2,1-4H3,(H,33,35). The molecule has 1 aliphatic rings. The lowest BCUT2D eigenvalue weighted by atomic mass is 9.93. The van der Waals surface area contributed by atoms with Gasteiger partial charge in [0.2, 0.25) is 5.91 Å². The van der Waals surface area contributed by atoms with Crippen molar-refractivity contribution < 1.29 is 23.5 Å². The smallest absolute Gasteiger partial charge is 0.347 e. The number of hydrogen-bond donors (Lipinski definition) is 1. The third-order valence-corrected chi connectivity index (χ3v) is 6.59. The van der Waals surface area contributed by atoms with Crippen LogP contribution in [0.2, 0.25) is 0 Å². The zero-order valence-electron chi connectivity index (χ0n) is 22.8. The average Bonchev–Trinajstić information content (AvgIpc) is 2.89. The topological polar surface area (TPSA) is 91.7 Å². The minimum Gasteiger partial charge on any atom is -0.479 e. The molecule has 1 atom stereocenters. The minimum atomic E-state index is -0.817. The third-order valence-electron chi connectivity index (χ3n) is 6.59. The van der Waals surface area contributed by atoms with Crippen molar-refractivity contribution >= 4 is 23.3 Å². The van der Waals surface area contributed by atoms with E-state index in [0.29, 0.717) is 23.4 Å². The van der Waals surface area contributed by atoms with Crippen molar-refractivity contribution in [2.75, 3.05) is 23.4 Å². The first-order valence-electron chi connectivity index (χ1n) is 13.4. The summed E-state index contributed by atoms with van der Waals surface area (Å²) >= 11 is 0. The summed E-state index contributed by atoms with van der Waals surface area (Å²) in [5, 5.41) is 12.0. The Hall–Kier alpha value is -3.60. The van der Waals surface area contributed by atoms with Crippen LogP contribution in [0, 0.1) is 23.1 Å². The Morgan fingerprint density at radius 3 is 2.50 bits per heavy atom. The maximum Gasteiger partial charge on any atom is 0.347 e. The Morgan fingerprint density at radius 2 is 1.87 bits per heavy atom. The van der Waals surface area contributed by atoms with Crippen molar-refractivity contribution in [3.05, 3.63) is 53.3 Å². The molecule has 1 N–H and O–H groups in total. The summed E-state index contributed by atoms with van der Waals surface area (Å²) in [6, 6.07) is 11.8.